The van der Waals surface area contributed by atoms with Gasteiger partial charge < -0.3 is 10.1 Å². The van der Waals surface area contributed by atoms with E-state index in [0.717, 1.165) is 53.5 Å². The molecule has 3 nitrogen and oxygen atoms in total. The first kappa shape index (κ1) is 19.3. The molecule has 4 rings (SSSR count). The predicted octanol–water partition coefficient (Wildman–Crippen LogP) is 6.25. The Kier molecular flexibility index (Phi) is 5.66. The molecular formula is C26H27NO2. The molecule has 3 aromatic rings. The minimum atomic E-state index is -0.460. The number of ether oxygens (including phenoxy) is 1. The first-order valence-corrected chi connectivity index (χ1v) is 10.4. The van der Waals surface area contributed by atoms with Gasteiger partial charge in [0.1, 0.15) is 12.4 Å². The molecule has 0 atom stereocenters. The summed E-state index contributed by atoms with van der Waals surface area (Å²) in [6.07, 6.45) is 6.87. The molecule has 0 spiro atoms. The van der Waals surface area contributed by atoms with Crippen molar-refractivity contribution >= 4 is 22.4 Å². The zero-order valence-electron chi connectivity index (χ0n) is 16.7. The smallest absolute Gasteiger partial charge is 0.235 e. The maximum Gasteiger partial charge on any atom is 0.235 e. The van der Waals surface area contributed by atoms with E-state index < -0.39 is 5.41 Å². The van der Waals surface area contributed by atoms with Crippen molar-refractivity contribution in [3.63, 3.8) is 0 Å². The van der Waals surface area contributed by atoms with Gasteiger partial charge in [-0.3, -0.25) is 4.79 Å². The zero-order valence-corrected chi connectivity index (χ0v) is 16.7. The molecule has 1 aliphatic rings. The highest BCUT2D eigenvalue weighted by Gasteiger charge is 2.41. The Morgan fingerprint density at radius 1 is 0.931 bits per heavy atom. The molecule has 1 N–H and O–H groups in total. The van der Waals surface area contributed by atoms with Crippen LogP contribution in [0.3, 0.4) is 0 Å². The Balaban J connectivity index is 1.70. The Hall–Kier alpha value is -3.07. The van der Waals surface area contributed by atoms with Crippen LogP contribution in [0.15, 0.2) is 79.4 Å². The van der Waals surface area contributed by atoms with Crippen LogP contribution in [-0.4, -0.2) is 12.5 Å². The lowest BCUT2D eigenvalue weighted by Gasteiger charge is -2.36. The fourth-order valence-electron chi connectivity index (χ4n) is 4.46. The number of hydrogen-bond donors (Lipinski definition) is 1. The molecule has 1 aliphatic carbocycles. The van der Waals surface area contributed by atoms with Crippen LogP contribution in [0.2, 0.25) is 0 Å². The number of anilines is 1. The lowest BCUT2D eigenvalue weighted by atomic mass is 9.68. The number of benzene rings is 3. The van der Waals surface area contributed by atoms with E-state index >= 15 is 0 Å². The molecule has 0 radical (unpaired) electrons. The fraction of sp³-hybridized carbons (Fsp3) is 0.269. The second kappa shape index (κ2) is 8.52. The van der Waals surface area contributed by atoms with Gasteiger partial charge in [0, 0.05) is 16.5 Å². The van der Waals surface area contributed by atoms with Crippen LogP contribution in [0.1, 0.15) is 37.7 Å². The normalized spacial score (nSPS) is 15.6. The van der Waals surface area contributed by atoms with Crippen LogP contribution < -0.4 is 10.1 Å². The Bertz CT molecular complexity index is 1000. The van der Waals surface area contributed by atoms with Gasteiger partial charge in [0.2, 0.25) is 5.91 Å². The summed E-state index contributed by atoms with van der Waals surface area (Å²) >= 11 is 0. The SMILES string of the molecule is C=CCOc1ccc(NC(=O)C2(c3ccccc3)CCCCC2)c2ccccc12. The monoisotopic (exact) mass is 385 g/mol. The van der Waals surface area contributed by atoms with E-state index in [-0.39, 0.29) is 5.91 Å². The number of amides is 1. The Morgan fingerprint density at radius 3 is 2.34 bits per heavy atom. The van der Waals surface area contributed by atoms with Gasteiger partial charge in [-0.05, 0) is 30.5 Å². The number of fused-ring (bicyclic) bond motifs is 1. The zero-order chi connectivity index (χ0) is 20.1. The van der Waals surface area contributed by atoms with Gasteiger partial charge in [-0.2, -0.15) is 0 Å². The average Bonchev–Trinajstić information content (AvgIpc) is 2.79. The third kappa shape index (κ3) is 3.77. The van der Waals surface area contributed by atoms with E-state index in [1.165, 1.54) is 6.42 Å². The van der Waals surface area contributed by atoms with E-state index in [4.69, 9.17) is 4.74 Å². The number of hydrogen-bond acceptors (Lipinski definition) is 2. The predicted molar refractivity (Wildman–Crippen MR) is 119 cm³/mol. The molecule has 29 heavy (non-hydrogen) atoms. The van der Waals surface area contributed by atoms with Gasteiger partial charge in [-0.1, -0.05) is 86.5 Å². The molecule has 1 amide bonds. The Labute approximate surface area is 172 Å². The van der Waals surface area contributed by atoms with Crippen LogP contribution in [-0.2, 0) is 10.2 Å². The molecule has 1 fully saturated rings. The summed E-state index contributed by atoms with van der Waals surface area (Å²) in [5, 5.41) is 5.24. The van der Waals surface area contributed by atoms with E-state index in [1.807, 2.05) is 54.6 Å². The lowest BCUT2D eigenvalue weighted by Crippen LogP contribution is -2.42. The van der Waals surface area contributed by atoms with Crippen molar-refractivity contribution in [3.8, 4) is 5.75 Å². The largest absolute Gasteiger partial charge is 0.489 e. The van der Waals surface area contributed by atoms with Gasteiger partial charge in [-0.25, -0.2) is 0 Å². The molecule has 3 heteroatoms. The Morgan fingerprint density at radius 2 is 1.62 bits per heavy atom. The standard InChI is InChI=1S/C26H27NO2/c1-2-19-29-24-16-15-23(21-13-7-8-14-22(21)24)27-25(28)26(17-9-4-10-18-26)20-11-5-3-6-12-20/h2-3,5-8,11-16H,1,4,9-10,17-19H2,(H,27,28). The molecule has 3 aromatic carbocycles. The van der Waals surface area contributed by atoms with Crippen molar-refractivity contribution in [2.45, 2.75) is 37.5 Å². The fourth-order valence-corrected chi connectivity index (χ4v) is 4.46. The van der Waals surface area contributed by atoms with Crippen LogP contribution in [0.25, 0.3) is 10.8 Å². The van der Waals surface area contributed by atoms with Crippen molar-refractivity contribution in [1.29, 1.82) is 0 Å². The van der Waals surface area contributed by atoms with E-state index in [1.54, 1.807) is 6.08 Å². The minimum Gasteiger partial charge on any atom is -0.489 e. The molecule has 0 heterocycles. The minimum absolute atomic E-state index is 0.0910. The maximum atomic E-state index is 13.6. The molecule has 0 saturated heterocycles. The highest BCUT2D eigenvalue weighted by Crippen LogP contribution is 2.41. The first-order valence-electron chi connectivity index (χ1n) is 10.4. The van der Waals surface area contributed by atoms with Gasteiger partial charge in [0.05, 0.1) is 5.41 Å². The summed E-state index contributed by atoms with van der Waals surface area (Å²) in [7, 11) is 0. The molecule has 0 aliphatic heterocycles. The molecular weight excluding hydrogens is 358 g/mol. The van der Waals surface area contributed by atoms with Crippen LogP contribution in [0, 0.1) is 0 Å². The summed E-state index contributed by atoms with van der Waals surface area (Å²) in [6.45, 7) is 4.17. The summed E-state index contributed by atoms with van der Waals surface area (Å²) in [4.78, 5) is 13.6. The molecule has 148 valence electrons. The summed E-state index contributed by atoms with van der Waals surface area (Å²) in [5.74, 6) is 0.891. The second-order valence-corrected chi connectivity index (χ2v) is 7.72. The van der Waals surface area contributed by atoms with Crippen molar-refractivity contribution in [2.24, 2.45) is 0 Å². The summed E-state index contributed by atoms with van der Waals surface area (Å²) in [5.41, 5.74) is 1.49. The van der Waals surface area contributed by atoms with Crippen molar-refractivity contribution in [3.05, 3.63) is 84.9 Å². The highest BCUT2D eigenvalue weighted by molar-refractivity contribution is 6.07. The van der Waals surface area contributed by atoms with E-state index in [9.17, 15) is 4.79 Å². The highest BCUT2D eigenvalue weighted by atomic mass is 16.5. The lowest BCUT2D eigenvalue weighted by molar-refractivity contribution is -0.122. The number of carbonyl (C=O) groups is 1. The number of nitrogens with one attached hydrogen (secondary N) is 1. The van der Waals surface area contributed by atoms with Gasteiger partial charge in [0.15, 0.2) is 0 Å². The summed E-state index contributed by atoms with van der Waals surface area (Å²) in [6, 6.07) is 22.2. The van der Waals surface area contributed by atoms with Crippen LogP contribution in [0.4, 0.5) is 5.69 Å². The third-order valence-corrected chi connectivity index (χ3v) is 5.96. The molecule has 0 aromatic heterocycles. The summed E-state index contributed by atoms with van der Waals surface area (Å²) < 4.78 is 5.80. The average molecular weight is 386 g/mol. The molecule has 1 saturated carbocycles. The van der Waals surface area contributed by atoms with Gasteiger partial charge in [0.25, 0.3) is 0 Å². The second-order valence-electron chi connectivity index (χ2n) is 7.72. The maximum absolute atomic E-state index is 13.6. The third-order valence-electron chi connectivity index (χ3n) is 5.96. The van der Waals surface area contributed by atoms with Crippen LogP contribution in [0.5, 0.6) is 5.75 Å². The van der Waals surface area contributed by atoms with Crippen molar-refractivity contribution < 1.29 is 9.53 Å². The first-order chi connectivity index (χ1) is 14.2. The number of rotatable bonds is 6. The quantitative estimate of drug-likeness (QED) is 0.510. The van der Waals surface area contributed by atoms with Crippen LogP contribution >= 0.6 is 0 Å². The topological polar surface area (TPSA) is 38.3 Å². The van der Waals surface area contributed by atoms with E-state index in [2.05, 4.69) is 24.0 Å². The van der Waals surface area contributed by atoms with E-state index in [0.29, 0.717) is 6.61 Å². The molecule has 0 bridgehead atoms. The van der Waals surface area contributed by atoms with Gasteiger partial charge in [-0.15, -0.1) is 0 Å². The van der Waals surface area contributed by atoms with Crippen molar-refractivity contribution in [2.75, 3.05) is 11.9 Å². The molecule has 0 unspecified atom stereocenters. The van der Waals surface area contributed by atoms with Crippen molar-refractivity contribution in [1.82, 2.24) is 0 Å². The number of carbonyl (C=O) groups excluding carboxylic acids is 1. The van der Waals surface area contributed by atoms with Gasteiger partial charge >= 0.3 is 0 Å².